The van der Waals surface area contributed by atoms with Gasteiger partial charge in [0, 0.05) is 50.3 Å². The van der Waals surface area contributed by atoms with Crippen molar-refractivity contribution in [3.8, 4) is 0 Å². The second kappa shape index (κ2) is 7.49. The highest BCUT2D eigenvalue weighted by Gasteiger charge is 2.36. The van der Waals surface area contributed by atoms with E-state index in [1.807, 2.05) is 13.8 Å². The largest absolute Gasteiger partial charge is 0.396 e. The molecule has 3 nitrogen and oxygen atoms in total. The first kappa shape index (κ1) is 18.3. The lowest BCUT2D eigenvalue weighted by Gasteiger charge is -2.43. The summed E-state index contributed by atoms with van der Waals surface area (Å²) in [6.07, 6.45) is 0. The minimum Gasteiger partial charge on any atom is -0.396 e. The second-order valence-electron chi connectivity index (χ2n) is 6.04. The highest BCUT2D eigenvalue weighted by atomic mass is 35.5. The van der Waals surface area contributed by atoms with Gasteiger partial charge in [0.05, 0.1) is 0 Å². The van der Waals surface area contributed by atoms with Gasteiger partial charge in [0.25, 0.3) is 0 Å². The molecule has 0 amide bonds. The summed E-state index contributed by atoms with van der Waals surface area (Å²) >= 11 is 0. The number of piperazine rings is 1. The molecular weight excluding hydrogens is 298 g/mol. The van der Waals surface area contributed by atoms with Crippen molar-refractivity contribution >= 4 is 12.4 Å². The third kappa shape index (κ3) is 4.36. The zero-order chi connectivity index (χ0) is 14.8. The lowest BCUT2D eigenvalue weighted by molar-refractivity contribution is 0.0302. The molecule has 0 bridgehead atoms. The smallest absolute Gasteiger partial charge is 0.126 e. The van der Waals surface area contributed by atoms with E-state index < -0.39 is 17.0 Å². The minimum absolute atomic E-state index is 0. The average Bonchev–Trinajstić information content (AvgIpc) is 2.39. The van der Waals surface area contributed by atoms with Gasteiger partial charge in [0.1, 0.15) is 11.6 Å². The van der Waals surface area contributed by atoms with Gasteiger partial charge in [0.15, 0.2) is 0 Å². The Bertz CT molecular complexity index is 445. The van der Waals surface area contributed by atoms with Gasteiger partial charge in [-0.1, -0.05) is 13.8 Å². The summed E-state index contributed by atoms with van der Waals surface area (Å²) in [5.74, 6) is -1.15. The SMILES string of the molecule is CC(C)(CO)[C@H](c1cc(F)cc(F)c1)N1CCNCC1.Cl. The molecule has 0 radical (unpaired) electrons. The number of aliphatic hydroxyl groups is 1. The number of rotatable bonds is 4. The van der Waals surface area contributed by atoms with Crippen LogP contribution < -0.4 is 5.32 Å². The highest BCUT2D eigenvalue weighted by Crippen LogP contribution is 2.38. The Hall–Kier alpha value is -0.750. The Labute approximate surface area is 130 Å². The predicted octanol–water partition coefficient (Wildman–Crippen LogP) is 2.35. The molecule has 0 aromatic heterocycles. The number of aliphatic hydroxyl groups excluding tert-OH is 1. The monoisotopic (exact) mass is 320 g/mol. The first-order chi connectivity index (χ1) is 9.44. The van der Waals surface area contributed by atoms with E-state index in [1.165, 1.54) is 12.1 Å². The van der Waals surface area contributed by atoms with E-state index >= 15 is 0 Å². The van der Waals surface area contributed by atoms with E-state index in [9.17, 15) is 13.9 Å². The molecule has 120 valence electrons. The van der Waals surface area contributed by atoms with Crippen LogP contribution in [0.15, 0.2) is 18.2 Å². The van der Waals surface area contributed by atoms with Gasteiger partial charge in [-0.3, -0.25) is 4.90 Å². The average molecular weight is 321 g/mol. The fraction of sp³-hybridized carbons (Fsp3) is 0.600. The maximum Gasteiger partial charge on any atom is 0.126 e. The van der Waals surface area contributed by atoms with Gasteiger partial charge in [-0.05, 0) is 17.7 Å². The van der Waals surface area contributed by atoms with Gasteiger partial charge in [-0.2, -0.15) is 0 Å². The molecule has 1 aromatic rings. The standard InChI is InChI=1S/C15H22F2N2O.ClH/c1-15(2,10-20)14(19-5-3-18-4-6-19)11-7-12(16)9-13(17)8-11;/h7-9,14,18,20H,3-6,10H2,1-2H3;1H/t14-;/m0./s1. The molecule has 1 saturated heterocycles. The van der Waals surface area contributed by atoms with E-state index in [4.69, 9.17) is 0 Å². The van der Waals surface area contributed by atoms with Crippen LogP contribution in [-0.2, 0) is 0 Å². The lowest BCUT2D eigenvalue weighted by atomic mass is 9.79. The maximum absolute atomic E-state index is 13.5. The number of nitrogens with zero attached hydrogens (tertiary/aromatic N) is 1. The molecule has 1 aliphatic rings. The molecule has 2 N–H and O–H groups in total. The van der Waals surface area contributed by atoms with E-state index in [1.54, 1.807) is 0 Å². The maximum atomic E-state index is 13.5. The molecule has 1 fully saturated rings. The number of halogens is 3. The quantitative estimate of drug-likeness (QED) is 0.894. The minimum atomic E-state index is -0.575. The summed E-state index contributed by atoms with van der Waals surface area (Å²) in [5, 5.41) is 12.9. The van der Waals surface area contributed by atoms with Crippen LogP contribution in [0.3, 0.4) is 0 Å². The van der Waals surface area contributed by atoms with Gasteiger partial charge in [-0.15, -0.1) is 12.4 Å². The molecule has 0 aliphatic carbocycles. The zero-order valence-electron chi connectivity index (χ0n) is 12.4. The summed E-state index contributed by atoms with van der Waals surface area (Å²) in [5.41, 5.74) is 0.112. The molecule has 1 atom stereocenters. The topological polar surface area (TPSA) is 35.5 Å². The van der Waals surface area contributed by atoms with E-state index in [2.05, 4.69) is 10.2 Å². The van der Waals surface area contributed by atoms with Gasteiger partial charge in [0.2, 0.25) is 0 Å². The summed E-state index contributed by atoms with van der Waals surface area (Å²) in [4.78, 5) is 2.18. The zero-order valence-corrected chi connectivity index (χ0v) is 13.2. The van der Waals surface area contributed by atoms with Crippen molar-refractivity contribution in [2.75, 3.05) is 32.8 Å². The van der Waals surface area contributed by atoms with Gasteiger partial charge in [-0.25, -0.2) is 8.78 Å². The van der Waals surface area contributed by atoms with Crippen molar-refractivity contribution in [1.29, 1.82) is 0 Å². The second-order valence-corrected chi connectivity index (χ2v) is 6.04. The Kier molecular flexibility index (Phi) is 6.53. The highest BCUT2D eigenvalue weighted by molar-refractivity contribution is 5.85. The first-order valence-corrected chi connectivity index (χ1v) is 6.95. The number of hydrogen-bond acceptors (Lipinski definition) is 3. The Balaban J connectivity index is 0.00000220. The van der Waals surface area contributed by atoms with E-state index in [-0.39, 0.29) is 25.1 Å². The molecule has 1 heterocycles. The van der Waals surface area contributed by atoms with Crippen molar-refractivity contribution in [2.24, 2.45) is 5.41 Å². The Morgan fingerprint density at radius 2 is 1.71 bits per heavy atom. The summed E-state index contributed by atoms with van der Waals surface area (Å²) in [6, 6.07) is 3.41. The molecule has 1 aliphatic heterocycles. The molecule has 0 unspecified atom stereocenters. The van der Waals surface area contributed by atoms with Crippen LogP contribution in [0.25, 0.3) is 0 Å². The molecule has 21 heavy (non-hydrogen) atoms. The van der Waals surface area contributed by atoms with Crippen molar-refractivity contribution in [2.45, 2.75) is 19.9 Å². The fourth-order valence-corrected chi connectivity index (χ4v) is 2.92. The molecule has 6 heteroatoms. The third-order valence-electron chi connectivity index (χ3n) is 3.87. The van der Waals surface area contributed by atoms with E-state index in [0.29, 0.717) is 5.56 Å². The number of benzene rings is 1. The van der Waals surface area contributed by atoms with Crippen LogP contribution >= 0.6 is 12.4 Å². The van der Waals surface area contributed by atoms with Crippen LogP contribution in [0.1, 0.15) is 25.5 Å². The van der Waals surface area contributed by atoms with Crippen LogP contribution in [-0.4, -0.2) is 42.8 Å². The van der Waals surface area contributed by atoms with Crippen LogP contribution in [0.5, 0.6) is 0 Å². The van der Waals surface area contributed by atoms with Crippen LogP contribution in [0.2, 0.25) is 0 Å². The predicted molar refractivity (Wildman–Crippen MR) is 81.7 cm³/mol. The lowest BCUT2D eigenvalue weighted by Crippen LogP contribution is -2.49. The van der Waals surface area contributed by atoms with Crippen molar-refractivity contribution in [3.63, 3.8) is 0 Å². The molecular formula is C15H23ClF2N2O. The molecule has 1 aromatic carbocycles. The molecule has 0 spiro atoms. The first-order valence-electron chi connectivity index (χ1n) is 6.95. The summed E-state index contributed by atoms with van der Waals surface area (Å²) in [7, 11) is 0. The third-order valence-corrected chi connectivity index (χ3v) is 3.87. The number of nitrogens with one attached hydrogen (secondary N) is 1. The number of hydrogen-bond donors (Lipinski definition) is 2. The Morgan fingerprint density at radius 3 is 2.19 bits per heavy atom. The van der Waals surface area contributed by atoms with Gasteiger partial charge < -0.3 is 10.4 Å². The summed E-state index contributed by atoms with van der Waals surface area (Å²) in [6.45, 7) is 7.08. The van der Waals surface area contributed by atoms with Crippen molar-refractivity contribution < 1.29 is 13.9 Å². The van der Waals surface area contributed by atoms with Crippen molar-refractivity contribution in [3.05, 3.63) is 35.4 Å². The molecule has 2 rings (SSSR count). The van der Waals surface area contributed by atoms with Crippen LogP contribution in [0, 0.1) is 17.0 Å². The van der Waals surface area contributed by atoms with Crippen molar-refractivity contribution in [1.82, 2.24) is 10.2 Å². The molecule has 0 saturated carbocycles. The fourth-order valence-electron chi connectivity index (χ4n) is 2.92. The van der Waals surface area contributed by atoms with Crippen LogP contribution in [0.4, 0.5) is 8.78 Å². The van der Waals surface area contributed by atoms with Gasteiger partial charge >= 0.3 is 0 Å². The normalized spacial score (nSPS) is 18.1. The summed E-state index contributed by atoms with van der Waals surface area (Å²) < 4.78 is 27.0. The Morgan fingerprint density at radius 1 is 1.19 bits per heavy atom. The van der Waals surface area contributed by atoms with E-state index in [0.717, 1.165) is 32.2 Å².